The largest absolute Gasteiger partial charge is 0.373 e. The number of aromatic nitrogens is 3. The van der Waals surface area contributed by atoms with E-state index in [1.165, 1.54) is 0 Å². The standard InChI is InChI=1S/C15H21N5O3/c1-10-8-12(23-18-10)15(21)16-9-13-14(19(2)6-7-22-13)11-4-5-17-20(11)3/h4-5,8,13-14H,6-7,9H2,1-3H3,(H,16,21)/t13-,14-/m0/s1. The number of likely N-dealkylation sites (N-methyl/N-ethyl adjacent to an activating group) is 1. The van der Waals surface area contributed by atoms with Gasteiger partial charge in [-0.2, -0.15) is 5.10 Å². The molecule has 2 aromatic rings. The van der Waals surface area contributed by atoms with Gasteiger partial charge in [-0.1, -0.05) is 5.16 Å². The SMILES string of the molecule is Cc1cc(C(=O)NC[C@@H]2OCCN(C)[C@H]2c2ccnn2C)on1. The summed E-state index contributed by atoms with van der Waals surface area (Å²) in [6.45, 7) is 3.63. The van der Waals surface area contributed by atoms with E-state index in [4.69, 9.17) is 9.26 Å². The number of ether oxygens (including phenoxy) is 1. The Morgan fingerprint density at radius 2 is 2.30 bits per heavy atom. The van der Waals surface area contributed by atoms with Crippen LogP contribution in [0.5, 0.6) is 0 Å². The van der Waals surface area contributed by atoms with Crippen LogP contribution in [0.1, 0.15) is 28.0 Å². The molecule has 3 heterocycles. The molecule has 1 N–H and O–H groups in total. The van der Waals surface area contributed by atoms with Crippen LogP contribution in [0.3, 0.4) is 0 Å². The predicted octanol–water partition coefficient (Wildman–Crippen LogP) is 0.518. The van der Waals surface area contributed by atoms with Crippen molar-refractivity contribution >= 4 is 5.91 Å². The highest BCUT2D eigenvalue weighted by atomic mass is 16.5. The quantitative estimate of drug-likeness (QED) is 0.884. The number of rotatable bonds is 4. The Kier molecular flexibility index (Phi) is 4.44. The Balaban J connectivity index is 1.69. The second-order valence-electron chi connectivity index (χ2n) is 5.76. The number of hydrogen-bond acceptors (Lipinski definition) is 6. The average molecular weight is 319 g/mol. The summed E-state index contributed by atoms with van der Waals surface area (Å²) in [6, 6.07) is 3.62. The number of amides is 1. The summed E-state index contributed by atoms with van der Waals surface area (Å²) >= 11 is 0. The molecule has 2 aromatic heterocycles. The predicted molar refractivity (Wildman–Crippen MR) is 81.9 cm³/mol. The van der Waals surface area contributed by atoms with Gasteiger partial charge >= 0.3 is 0 Å². The van der Waals surface area contributed by atoms with Crippen LogP contribution in [-0.2, 0) is 11.8 Å². The van der Waals surface area contributed by atoms with Gasteiger partial charge in [0.25, 0.3) is 5.91 Å². The molecule has 1 aliphatic rings. The molecule has 0 unspecified atom stereocenters. The molecular weight excluding hydrogens is 298 g/mol. The van der Waals surface area contributed by atoms with E-state index in [-0.39, 0.29) is 23.8 Å². The van der Waals surface area contributed by atoms with Crippen molar-refractivity contribution in [2.24, 2.45) is 7.05 Å². The minimum Gasteiger partial charge on any atom is -0.373 e. The molecule has 0 spiro atoms. The lowest BCUT2D eigenvalue weighted by atomic mass is 10.0. The molecule has 1 amide bonds. The van der Waals surface area contributed by atoms with Gasteiger partial charge < -0.3 is 14.6 Å². The maximum absolute atomic E-state index is 12.1. The Bertz CT molecular complexity index is 680. The maximum atomic E-state index is 12.1. The van der Waals surface area contributed by atoms with E-state index in [1.807, 2.05) is 17.8 Å². The molecule has 2 atom stereocenters. The molecule has 0 radical (unpaired) electrons. The second kappa shape index (κ2) is 6.51. The normalized spacial score (nSPS) is 22.2. The molecule has 1 aliphatic heterocycles. The summed E-state index contributed by atoms with van der Waals surface area (Å²) in [4.78, 5) is 14.3. The van der Waals surface area contributed by atoms with Gasteiger partial charge in [-0.3, -0.25) is 14.4 Å². The fraction of sp³-hybridized carbons (Fsp3) is 0.533. The molecule has 1 saturated heterocycles. The molecule has 0 bridgehead atoms. The van der Waals surface area contributed by atoms with E-state index in [9.17, 15) is 4.79 Å². The van der Waals surface area contributed by atoms with Gasteiger partial charge in [-0.05, 0) is 20.0 Å². The zero-order valence-electron chi connectivity index (χ0n) is 13.5. The van der Waals surface area contributed by atoms with Crippen molar-refractivity contribution in [1.82, 2.24) is 25.2 Å². The number of hydrogen-bond donors (Lipinski definition) is 1. The van der Waals surface area contributed by atoms with E-state index >= 15 is 0 Å². The number of carbonyl (C=O) groups is 1. The van der Waals surface area contributed by atoms with Crippen LogP contribution in [-0.4, -0.2) is 58.6 Å². The first-order chi connectivity index (χ1) is 11.1. The lowest BCUT2D eigenvalue weighted by Gasteiger charge is -2.39. The molecule has 23 heavy (non-hydrogen) atoms. The van der Waals surface area contributed by atoms with Crippen LogP contribution in [0.2, 0.25) is 0 Å². The minimum atomic E-state index is -0.286. The monoisotopic (exact) mass is 319 g/mol. The van der Waals surface area contributed by atoms with Gasteiger partial charge in [0.2, 0.25) is 5.76 Å². The first-order valence-electron chi connectivity index (χ1n) is 7.57. The van der Waals surface area contributed by atoms with Crippen LogP contribution in [0, 0.1) is 6.92 Å². The highest BCUT2D eigenvalue weighted by molar-refractivity contribution is 5.91. The second-order valence-corrected chi connectivity index (χ2v) is 5.76. The molecule has 8 nitrogen and oxygen atoms in total. The minimum absolute atomic E-state index is 0.0352. The van der Waals surface area contributed by atoms with Crippen molar-refractivity contribution < 1.29 is 14.1 Å². The highest BCUT2D eigenvalue weighted by Gasteiger charge is 2.33. The van der Waals surface area contributed by atoms with Gasteiger partial charge in [-0.25, -0.2) is 0 Å². The third-order valence-corrected chi connectivity index (χ3v) is 4.08. The summed E-state index contributed by atoms with van der Waals surface area (Å²) in [5, 5.41) is 10.8. The van der Waals surface area contributed by atoms with E-state index in [0.29, 0.717) is 18.8 Å². The molecule has 3 rings (SSSR count). The Hall–Kier alpha value is -2.19. The van der Waals surface area contributed by atoms with Crippen molar-refractivity contribution in [3.63, 3.8) is 0 Å². The Labute approximate surface area is 134 Å². The van der Waals surface area contributed by atoms with Crippen LogP contribution in [0.15, 0.2) is 22.9 Å². The number of carbonyl (C=O) groups excluding carboxylic acids is 1. The van der Waals surface area contributed by atoms with Crippen molar-refractivity contribution in [3.05, 3.63) is 35.5 Å². The first-order valence-corrected chi connectivity index (χ1v) is 7.57. The Morgan fingerprint density at radius 1 is 1.48 bits per heavy atom. The third kappa shape index (κ3) is 3.27. The molecule has 0 aromatic carbocycles. The summed E-state index contributed by atoms with van der Waals surface area (Å²) in [7, 11) is 3.96. The molecule has 8 heteroatoms. The van der Waals surface area contributed by atoms with E-state index < -0.39 is 0 Å². The van der Waals surface area contributed by atoms with Gasteiger partial charge in [0.05, 0.1) is 30.1 Å². The highest BCUT2D eigenvalue weighted by Crippen LogP contribution is 2.27. The number of aryl methyl sites for hydroxylation is 2. The van der Waals surface area contributed by atoms with Crippen molar-refractivity contribution in [2.75, 3.05) is 26.7 Å². The molecular formula is C15H21N5O3. The molecule has 0 saturated carbocycles. The molecule has 124 valence electrons. The van der Waals surface area contributed by atoms with E-state index in [2.05, 4.69) is 27.5 Å². The fourth-order valence-electron chi connectivity index (χ4n) is 2.87. The smallest absolute Gasteiger partial charge is 0.289 e. The van der Waals surface area contributed by atoms with Crippen LogP contribution >= 0.6 is 0 Å². The third-order valence-electron chi connectivity index (χ3n) is 4.08. The van der Waals surface area contributed by atoms with Crippen molar-refractivity contribution in [2.45, 2.75) is 19.1 Å². The topological polar surface area (TPSA) is 85.4 Å². The molecule has 1 fully saturated rings. The van der Waals surface area contributed by atoms with Gasteiger partial charge in [-0.15, -0.1) is 0 Å². The number of morpholine rings is 1. The Morgan fingerprint density at radius 3 is 2.96 bits per heavy atom. The van der Waals surface area contributed by atoms with E-state index in [0.717, 1.165) is 12.2 Å². The summed E-state index contributed by atoms with van der Waals surface area (Å²) < 4.78 is 12.7. The van der Waals surface area contributed by atoms with Crippen LogP contribution < -0.4 is 5.32 Å². The number of nitrogens with one attached hydrogen (secondary N) is 1. The summed E-state index contributed by atoms with van der Waals surface area (Å²) in [5.74, 6) is -0.0741. The zero-order valence-corrected chi connectivity index (χ0v) is 13.5. The maximum Gasteiger partial charge on any atom is 0.289 e. The lowest BCUT2D eigenvalue weighted by molar-refractivity contribution is -0.0629. The summed E-state index contributed by atoms with van der Waals surface area (Å²) in [5.41, 5.74) is 1.73. The zero-order chi connectivity index (χ0) is 16.4. The molecule has 0 aliphatic carbocycles. The van der Waals surface area contributed by atoms with Crippen LogP contribution in [0.4, 0.5) is 0 Å². The van der Waals surface area contributed by atoms with E-state index in [1.54, 1.807) is 19.2 Å². The van der Waals surface area contributed by atoms with Crippen molar-refractivity contribution in [3.8, 4) is 0 Å². The fourth-order valence-corrected chi connectivity index (χ4v) is 2.87. The number of nitrogens with zero attached hydrogens (tertiary/aromatic N) is 4. The average Bonchev–Trinajstić information content (AvgIpc) is 3.13. The summed E-state index contributed by atoms with van der Waals surface area (Å²) in [6.07, 6.45) is 1.61. The lowest BCUT2D eigenvalue weighted by Crippen LogP contribution is -2.48. The van der Waals surface area contributed by atoms with Crippen LogP contribution in [0.25, 0.3) is 0 Å². The van der Waals surface area contributed by atoms with Gasteiger partial charge in [0.1, 0.15) is 0 Å². The van der Waals surface area contributed by atoms with Gasteiger partial charge in [0, 0.05) is 32.4 Å². The van der Waals surface area contributed by atoms with Gasteiger partial charge in [0.15, 0.2) is 0 Å². The van der Waals surface area contributed by atoms with Crippen molar-refractivity contribution in [1.29, 1.82) is 0 Å². The first kappa shape index (κ1) is 15.7.